The molecule has 9 heteroatoms. The van der Waals surface area contributed by atoms with Gasteiger partial charge in [-0.25, -0.2) is 4.98 Å². The van der Waals surface area contributed by atoms with Crippen LogP contribution in [0, 0.1) is 0 Å². The van der Waals surface area contributed by atoms with Gasteiger partial charge in [0.1, 0.15) is 11.8 Å². The highest BCUT2D eigenvalue weighted by atomic mass is 32.2. The number of carbonyl (C=O) groups excluding carboxylic acids is 2. The lowest BCUT2D eigenvalue weighted by Crippen LogP contribution is -2.45. The van der Waals surface area contributed by atoms with E-state index in [0.29, 0.717) is 17.3 Å². The first-order valence-corrected chi connectivity index (χ1v) is 12.1. The number of hydrogen-bond acceptors (Lipinski definition) is 6. The topological polar surface area (TPSA) is 76.5 Å². The summed E-state index contributed by atoms with van der Waals surface area (Å²) in [5.41, 5.74) is 2.67. The lowest BCUT2D eigenvalue weighted by molar-refractivity contribution is -0.134. The Kier molecular flexibility index (Phi) is 6.72. The standard InChI is InChI=1S/C22H24N4O3S2/c1-3-25-18-7-5-4-6-17(18)24-22(25)31-13-20(27)26-14-30-12-19(26)21(28)23-15-8-10-16(29-2)11-9-15/h4-11,19H,3,12-14H2,1-2H3,(H,23,28). The van der Waals surface area contributed by atoms with E-state index in [4.69, 9.17) is 4.74 Å². The van der Waals surface area contributed by atoms with Crippen LogP contribution in [0.25, 0.3) is 11.0 Å². The van der Waals surface area contributed by atoms with Crippen LogP contribution in [0.1, 0.15) is 6.92 Å². The van der Waals surface area contributed by atoms with Crippen LogP contribution in [-0.4, -0.2) is 56.8 Å². The van der Waals surface area contributed by atoms with Crippen LogP contribution in [0.3, 0.4) is 0 Å². The van der Waals surface area contributed by atoms with E-state index in [2.05, 4.69) is 21.8 Å². The minimum Gasteiger partial charge on any atom is -0.497 e. The molecule has 1 aliphatic rings. The summed E-state index contributed by atoms with van der Waals surface area (Å²) in [6.45, 7) is 2.85. The molecule has 3 aromatic rings. The van der Waals surface area contributed by atoms with E-state index in [0.717, 1.165) is 28.5 Å². The summed E-state index contributed by atoms with van der Waals surface area (Å²) in [6, 6.07) is 14.6. The number of hydrogen-bond donors (Lipinski definition) is 1. The Balaban J connectivity index is 1.40. The third-order valence-corrected chi connectivity index (χ3v) is 7.10. The van der Waals surface area contributed by atoms with E-state index >= 15 is 0 Å². The molecule has 1 unspecified atom stereocenters. The highest BCUT2D eigenvalue weighted by Crippen LogP contribution is 2.27. The molecule has 0 spiro atoms. The Morgan fingerprint density at radius 3 is 2.74 bits per heavy atom. The number of nitrogens with one attached hydrogen (secondary N) is 1. The van der Waals surface area contributed by atoms with E-state index in [9.17, 15) is 9.59 Å². The molecule has 1 N–H and O–H groups in total. The predicted molar refractivity (Wildman–Crippen MR) is 126 cm³/mol. The molecule has 31 heavy (non-hydrogen) atoms. The summed E-state index contributed by atoms with van der Waals surface area (Å²) in [6.07, 6.45) is 0. The zero-order valence-electron chi connectivity index (χ0n) is 17.4. The molecule has 0 radical (unpaired) electrons. The maximum absolute atomic E-state index is 12.9. The van der Waals surface area contributed by atoms with Crippen molar-refractivity contribution in [3.63, 3.8) is 0 Å². The zero-order valence-corrected chi connectivity index (χ0v) is 19.0. The highest BCUT2D eigenvalue weighted by molar-refractivity contribution is 8.00. The number of nitrogens with zero attached hydrogens (tertiary/aromatic N) is 3. The van der Waals surface area contributed by atoms with Crippen molar-refractivity contribution in [3.05, 3.63) is 48.5 Å². The minimum atomic E-state index is -0.481. The molecule has 1 atom stereocenters. The smallest absolute Gasteiger partial charge is 0.248 e. The lowest BCUT2D eigenvalue weighted by atomic mass is 10.2. The van der Waals surface area contributed by atoms with Gasteiger partial charge in [-0.2, -0.15) is 0 Å². The first kappa shape index (κ1) is 21.6. The molecule has 1 fully saturated rings. The molecule has 0 saturated carbocycles. The Labute approximate surface area is 189 Å². The van der Waals surface area contributed by atoms with Crippen molar-refractivity contribution in [2.75, 3.05) is 29.8 Å². The second kappa shape index (κ2) is 9.65. The lowest BCUT2D eigenvalue weighted by Gasteiger charge is -2.23. The van der Waals surface area contributed by atoms with Gasteiger partial charge < -0.3 is 19.5 Å². The number of imidazole rings is 1. The van der Waals surface area contributed by atoms with E-state index in [1.165, 1.54) is 11.8 Å². The summed E-state index contributed by atoms with van der Waals surface area (Å²) in [7, 11) is 1.60. The Morgan fingerprint density at radius 2 is 2.00 bits per heavy atom. The number of para-hydroxylation sites is 2. The molecule has 1 aliphatic heterocycles. The van der Waals surface area contributed by atoms with Crippen molar-refractivity contribution >= 4 is 52.1 Å². The first-order valence-electron chi connectivity index (χ1n) is 10.0. The van der Waals surface area contributed by atoms with Gasteiger partial charge in [0.25, 0.3) is 0 Å². The fourth-order valence-corrected chi connectivity index (χ4v) is 5.63. The minimum absolute atomic E-state index is 0.0559. The summed E-state index contributed by atoms with van der Waals surface area (Å²) in [5.74, 6) is 1.85. The molecule has 2 aromatic carbocycles. The van der Waals surface area contributed by atoms with E-state index < -0.39 is 6.04 Å². The van der Waals surface area contributed by atoms with Crippen molar-refractivity contribution in [2.45, 2.75) is 24.7 Å². The molecule has 2 amide bonds. The molecule has 1 aromatic heterocycles. The van der Waals surface area contributed by atoms with Crippen LogP contribution in [0.2, 0.25) is 0 Å². The molecule has 7 nitrogen and oxygen atoms in total. The third-order valence-electron chi connectivity index (χ3n) is 5.12. The number of carbonyl (C=O) groups is 2. The van der Waals surface area contributed by atoms with Crippen molar-refractivity contribution in [3.8, 4) is 5.75 Å². The molecule has 1 saturated heterocycles. The van der Waals surface area contributed by atoms with Gasteiger partial charge in [-0.3, -0.25) is 9.59 Å². The molecular weight excluding hydrogens is 432 g/mol. The Hall–Kier alpha value is -2.65. The van der Waals surface area contributed by atoms with Gasteiger partial charge in [-0.1, -0.05) is 23.9 Å². The average molecular weight is 457 g/mol. The number of thioether (sulfide) groups is 2. The zero-order chi connectivity index (χ0) is 21.8. The van der Waals surface area contributed by atoms with Crippen LogP contribution in [0.15, 0.2) is 53.7 Å². The van der Waals surface area contributed by atoms with E-state index in [1.54, 1.807) is 48.0 Å². The maximum atomic E-state index is 12.9. The van der Waals surface area contributed by atoms with Crippen molar-refractivity contribution in [1.29, 1.82) is 0 Å². The average Bonchev–Trinajstić information content (AvgIpc) is 3.42. The Bertz CT molecular complexity index is 1080. The normalized spacial score (nSPS) is 15.9. The number of ether oxygens (including phenoxy) is 1. The summed E-state index contributed by atoms with van der Waals surface area (Å²) >= 11 is 3.01. The number of fused-ring (bicyclic) bond motifs is 1. The quantitative estimate of drug-likeness (QED) is 0.547. The number of rotatable bonds is 7. The molecule has 4 rings (SSSR count). The van der Waals surface area contributed by atoms with Crippen molar-refractivity contribution < 1.29 is 14.3 Å². The van der Waals surface area contributed by atoms with Gasteiger partial charge in [-0.15, -0.1) is 11.8 Å². The van der Waals surface area contributed by atoms with Crippen molar-refractivity contribution in [1.82, 2.24) is 14.5 Å². The van der Waals surface area contributed by atoms with Crippen LogP contribution in [0.5, 0.6) is 5.75 Å². The molecular formula is C22H24N4O3S2. The highest BCUT2D eigenvalue weighted by Gasteiger charge is 2.34. The predicted octanol–water partition coefficient (Wildman–Crippen LogP) is 3.70. The van der Waals surface area contributed by atoms with Gasteiger partial charge in [-0.05, 0) is 43.3 Å². The molecule has 0 aliphatic carbocycles. The summed E-state index contributed by atoms with van der Waals surface area (Å²) in [4.78, 5) is 32.1. The maximum Gasteiger partial charge on any atom is 0.248 e. The largest absolute Gasteiger partial charge is 0.497 e. The molecule has 162 valence electrons. The summed E-state index contributed by atoms with van der Waals surface area (Å²) < 4.78 is 7.25. The van der Waals surface area contributed by atoms with Crippen LogP contribution >= 0.6 is 23.5 Å². The number of anilines is 1. The SMILES string of the molecule is CCn1c(SCC(=O)N2CSCC2C(=O)Nc2ccc(OC)cc2)nc2ccccc21. The van der Waals surface area contributed by atoms with Crippen LogP contribution < -0.4 is 10.1 Å². The Morgan fingerprint density at radius 1 is 1.23 bits per heavy atom. The van der Waals surface area contributed by atoms with Gasteiger partial charge in [0.05, 0.1) is 29.8 Å². The first-order chi connectivity index (χ1) is 15.1. The van der Waals surface area contributed by atoms with Crippen LogP contribution in [0.4, 0.5) is 5.69 Å². The second-order valence-electron chi connectivity index (χ2n) is 7.01. The summed E-state index contributed by atoms with van der Waals surface area (Å²) in [5, 5.41) is 3.73. The van der Waals surface area contributed by atoms with E-state index in [-0.39, 0.29) is 17.6 Å². The van der Waals surface area contributed by atoms with E-state index in [1.807, 2.05) is 24.3 Å². The second-order valence-corrected chi connectivity index (χ2v) is 8.96. The van der Waals surface area contributed by atoms with Gasteiger partial charge in [0.2, 0.25) is 11.8 Å². The van der Waals surface area contributed by atoms with Gasteiger partial charge in [0.15, 0.2) is 5.16 Å². The van der Waals surface area contributed by atoms with Crippen molar-refractivity contribution in [2.24, 2.45) is 0 Å². The third kappa shape index (κ3) is 4.67. The fourth-order valence-electron chi connectivity index (χ4n) is 3.48. The number of methoxy groups -OCH3 is 1. The monoisotopic (exact) mass is 456 g/mol. The van der Waals surface area contributed by atoms with Gasteiger partial charge in [0, 0.05) is 18.0 Å². The van der Waals surface area contributed by atoms with Gasteiger partial charge >= 0.3 is 0 Å². The number of aromatic nitrogens is 2. The number of benzene rings is 2. The number of aryl methyl sites for hydroxylation is 1. The fraction of sp³-hybridized carbons (Fsp3) is 0.318. The molecule has 0 bridgehead atoms. The molecule has 2 heterocycles. The number of amides is 2. The van der Waals surface area contributed by atoms with Crippen LogP contribution in [-0.2, 0) is 16.1 Å².